The molecule has 0 aromatic heterocycles. The van der Waals surface area contributed by atoms with E-state index >= 15 is 0 Å². The van der Waals surface area contributed by atoms with Crippen LogP contribution in [0.2, 0.25) is 0 Å². The monoisotopic (exact) mass is 620 g/mol. The highest BCUT2D eigenvalue weighted by molar-refractivity contribution is 5.70. The number of rotatable bonds is 17. The molecule has 0 fully saturated rings. The highest BCUT2D eigenvalue weighted by atomic mass is 15.1. The predicted octanol–water partition coefficient (Wildman–Crippen LogP) is 9.68. The van der Waals surface area contributed by atoms with Crippen LogP contribution in [0, 0.1) is 0 Å². The van der Waals surface area contributed by atoms with Crippen molar-refractivity contribution in [2.24, 2.45) is 20.5 Å². The van der Waals surface area contributed by atoms with Crippen molar-refractivity contribution in [1.29, 1.82) is 0 Å². The van der Waals surface area contributed by atoms with Gasteiger partial charge in [-0.1, -0.05) is 26.7 Å². The summed E-state index contributed by atoms with van der Waals surface area (Å²) in [5, 5.41) is 24.3. The van der Waals surface area contributed by atoms with Crippen molar-refractivity contribution in [2.45, 2.75) is 39.5 Å². The summed E-state index contributed by atoms with van der Waals surface area (Å²) in [6.07, 6.45) is 4.61. The topological polar surface area (TPSA) is 132 Å². The van der Waals surface area contributed by atoms with Gasteiger partial charge in [-0.3, -0.25) is 0 Å². The van der Waals surface area contributed by atoms with E-state index in [9.17, 15) is 0 Å². The van der Waals surface area contributed by atoms with E-state index < -0.39 is 0 Å². The van der Waals surface area contributed by atoms with Gasteiger partial charge >= 0.3 is 0 Å². The Morgan fingerprint density at radius 2 is 0.935 bits per heavy atom. The predicted molar refractivity (Wildman–Crippen MR) is 196 cm³/mol. The fourth-order valence-electron chi connectivity index (χ4n) is 4.72. The zero-order chi connectivity index (χ0) is 32.7. The van der Waals surface area contributed by atoms with Crippen molar-refractivity contribution in [3.8, 4) is 0 Å². The van der Waals surface area contributed by atoms with Gasteiger partial charge in [-0.2, -0.15) is 10.2 Å². The molecule has 0 spiro atoms. The second-order valence-electron chi connectivity index (χ2n) is 11.4. The molecule has 4 aromatic rings. The second kappa shape index (κ2) is 17.4. The number of hydrogen-bond acceptors (Lipinski definition) is 10. The SMILES string of the molecule is CCCCN(C)c1ccc(/N=N/c2ccc(NCCNc3ccc(/N=N/c4ccc(N(C)CCCC)cc4N)cc3)cc2)c(N)c1. The van der Waals surface area contributed by atoms with Crippen LogP contribution in [0.15, 0.2) is 105 Å². The van der Waals surface area contributed by atoms with Gasteiger partial charge in [0.1, 0.15) is 11.4 Å². The van der Waals surface area contributed by atoms with Crippen molar-refractivity contribution in [3.05, 3.63) is 84.9 Å². The maximum absolute atomic E-state index is 6.25. The van der Waals surface area contributed by atoms with E-state index in [0.717, 1.165) is 86.0 Å². The average molecular weight is 621 g/mol. The molecule has 10 nitrogen and oxygen atoms in total. The van der Waals surface area contributed by atoms with Gasteiger partial charge in [0, 0.05) is 63.0 Å². The first-order valence-electron chi connectivity index (χ1n) is 16.1. The van der Waals surface area contributed by atoms with Crippen LogP contribution in [0.1, 0.15) is 39.5 Å². The average Bonchev–Trinajstić information content (AvgIpc) is 3.07. The molecule has 242 valence electrons. The van der Waals surface area contributed by atoms with Gasteiger partial charge in [0.25, 0.3) is 0 Å². The number of nitrogen functional groups attached to an aromatic ring is 2. The highest BCUT2D eigenvalue weighted by Crippen LogP contribution is 2.30. The number of nitrogens with zero attached hydrogens (tertiary/aromatic N) is 6. The summed E-state index contributed by atoms with van der Waals surface area (Å²) in [6, 6.07) is 27.5. The molecule has 4 rings (SSSR count). The summed E-state index contributed by atoms with van der Waals surface area (Å²) >= 11 is 0. The summed E-state index contributed by atoms with van der Waals surface area (Å²) in [7, 11) is 4.16. The van der Waals surface area contributed by atoms with Crippen LogP contribution in [0.3, 0.4) is 0 Å². The third kappa shape index (κ3) is 10.2. The Bertz CT molecular complexity index is 1450. The Labute approximate surface area is 273 Å². The maximum Gasteiger partial charge on any atom is 0.109 e. The molecular weight excluding hydrogens is 572 g/mol. The van der Waals surface area contributed by atoms with Crippen molar-refractivity contribution in [2.75, 3.05) is 72.2 Å². The van der Waals surface area contributed by atoms with E-state index in [1.807, 2.05) is 84.9 Å². The maximum atomic E-state index is 6.25. The molecule has 0 heterocycles. The minimum atomic E-state index is 0.617. The Balaban J connectivity index is 1.20. The van der Waals surface area contributed by atoms with Crippen LogP contribution >= 0.6 is 0 Å². The van der Waals surface area contributed by atoms with Crippen molar-refractivity contribution < 1.29 is 0 Å². The normalized spacial score (nSPS) is 11.3. The molecule has 0 atom stereocenters. The molecule has 0 amide bonds. The molecule has 0 unspecified atom stereocenters. The number of unbranched alkanes of at least 4 members (excludes halogenated alkanes) is 2. The Morgan fingerprint density at radius 3 is 1.28 bits per heavy atom. The summed E-state index contributed by atoms with van der Waals surface area (Å²) in [6.45, 7) is 7.88. The van der Waals surface area contributed by atoms with Gasteiger partial charge in [-0.05, 0) is 97.8 Å². The largest absolute Gasteiger partial charge is 0.397 e. The van der Waals surface area contributed by atoms with Crippen LogP contribution in [0.4, 0.5) is 56.9 Å². The molecule has 0 saturated carbocycles. The lowest BCUT2D eigenvalue weighted by Gasteiger charge is -2.19. The van der Waals surface area contributed by atoms with E-state index in [4.69, 9.17) is 11.5 Å². The van der Waals surface area contributed by atoms with Crippen molar-refractivity contribution in [3.63, 3.8) is 0 Å². The van der Waals surface area contributed by atoms with Gasteiger partial charge in [0.15, 0.2) is 0 Å². The molecule has 0 aliphatic heterocycles. The number of nitrogens with two attached hydrogens (primary N) is 2. The number of nitrogens with one attached hydrogen (secondary N) is 2. The van der Waals surface area contributed by atoms with Gasteiger partial charge in [0.2, 0.25) is 0 Å². The number of anilines is 6. The van der Waals surface area contributed by atoms with E-state index in [0.29, 0.717) is 22.7 Å². The van der Waals surface area contributed by atoms with Crippen molar-refractivity contribution in [1.82, 2.24) is 0 Å². The van der Waals surface area contributed by atoms with Crippen LogP contribution < -0.4 is 31.9 Å². The molecule has 10 heteroatoms. The van der Waals surface area contributed by atoms with Gasteiger partial charge in [-0.15, -0.1) is 10.2 Å². The van der Waals surface area contributed by atoms with Crippen LogP contribution in [0.5, 0.6) is 0 Å². The first-order chi connectivity index (χ1) is 22.4. The fourth-order valence-corrected chi connectivity index (χ4v) is 4.72. The number of azo groups is 2. The second-order valence-corrected chi connectivity index (χ2v) is 11.4. The summed E-state index contributed by atoms with van der Waals surface area (Å²) < 4.78 is 0. The van der Waals surface area contributed by atoms with E-state index in [-0.39, 0.29) is 0 Å². The lowest BCUT2D eigenvalue weighted by molar-refractivity contribution is 0.767. The summed E-state index contributed by atoms with van der Waals surface area (Å²) in [5.74, 6) is 0. The quantitative estimate of drug-likeness (QED) is 0.0528. The summed E-state index contributed by atoms with van der Waals surface area (Å²) in [4.78, 5) is 4.41. The minimum Gasteiger partial charge on any atom is -0.397 e. The van der Waals surface area contributed by atoms with Gasteiger partial charge in [-0.25, -0.2) is 0 Å². The highest BCUT2D eigenvalue weighted by Gasteiger charge is 2.06. The van der Waals surface area contributed by atoms with Gasteiger partial charge < -0.3 is 31.9 Å². The minimum absolute atomic E-state index is 0.617. The first-order valence-corrected chi connectivity index (χ1v) is 16.1. The Morgan fingerprint density at radius 1 is 0.543 bits per heavy atom. The van der Waals surface area contributed by atoms with E-state index in [1.54, 1.807) is 0 Å². The van der Waals surface area contributed by atoms with Crippen LogP contribution in [-0.4, -0.2) is 40.3 Å². The Kier molecular flexibility index (Phi) is 12.8. The molecular formula is C36H48N10. The molecule has 46 heavy (non-hydrogen) atoms. The zero-order valence-electron chi connectivity index (χ0n) is 27.6. The molecule has 6 N–H and O–H groups in total. The Hall–Kier alpha value is -5.12. The van der Waals surface area contributed by atoms with E-state index in [1.165, 1.54) is 0 Å². The fraction of sp³-hybridized carbons (Fsp3) is 0.333. The molecule has 4 aromatic carbocycles. The molecule has 0 bridgehead atoms. The molecule has 0 aliphatic rings. The lowest BCUT2D eigenvalue weighted by Crippen LogP contribution is -2.18. The van der Waals surface area contributed by atoms with Gasteiger partial charge in [0.05, 0.1) is 22.7 Å². The molecule has 0 radical (unpaired) electrons. The number of benzene rings is 4. The lowest BCUT2D eigenvalue weighted by atomic mass is 10.2. The van der Waals surface area contributed by atoms with Crippen LogP contribution in [0.25, 0.3) is 0 Å². The smallest absolute Gasteiger partial charge is 0.109 e. The molecule has 0 aliphatic carbocycles. The van der Waals surface area contributed by atoms with Crippen molar-refractivity contribution >= 4 is 56.9 Å². The molecule has 0 saturated heterocycles. The number of hydrogen-bond donors (Lipinski definition) is 4. The third-order valence-corrected chi connectivity index (χ3v) is 7.66. The zero-order valence-corrected chi connectivity index (χ0v) is 27.6. The van der Waals surface area contributed by atoms with E-state index in [2.05, 4.69) is 68.8 Å². The van der Waals surface area contributed by atoms with Crippen LogP contribution in [-0.2, 0) is 0 Å². The third-order valence-electron chi connectivity index (χ3n) is 7.66. The summed E-state index contributed by atoms with van der Waals surface area (Å²) in [5.41, 5.74) is 20.8. The standard InChI is InChI=1S/C36H48N10/c1-5-7-23-45(3)31-17-19-35(33(37)25-31)43-41-29-13-9-27(10-14-29)39-21-22-40-28-11-15-30(16-12-28)42-44-36-20-18-32(26-34(36)38)46(4)24-8-6-2/h9-20,25-26,39-40H,5-8,21-24,37-38H2,1-4H3/b43-41+,44-42+. The first kappa shape index (κ1) is 33.8.